The van der Waals surface area contributed by atoms with Crippen molar-refractivity contribution in [1.82, 2.24) is 19.5 Å². The molecular formula is C41H26N4S. The first-order valence-corrected chi connectivity index (χ1v) is 16.1. The molecule has 216 valence electrons. The number of hydrogen-bond acceptors (Lipinski definition) is 4. The highest BCUT2D eigenvalue weighted by atomic mass is 32.1. The van der Waals surface area contributed by atoms with Gasteiger partial charge in [0.1, 0.15) is 0 Å². The first-order chi connectivity index (χ1) is 22.8. The van der Waals surface area contributed by atoms with E-state index in [-0.39, 0.29) is 0 Å². The maximum absolute atomic E-state index is 4.98. The molecule has 0 radical (unpaired) electrons. The fraction of sp³-hybridized carbons (Fsp3) is 0. The highest BCUT2D eigenvalue weighted by Gasteiger charge is 2.19. The summed E-state index contributed by atoms with van der Waals surface area (Å²) in [6, 6.07) is 55.0. The van der Waals surface area contributed by atoms with Crippen molar-refractivity contribution < 1.29 is 0 Å². The third-order valence-corrected chi connectivity index (χ3v) is 9.62. The van der Waals surface area contributed by atoms with Crippen LogP contribution < -0.4 is 0 Å². The lowest BCUT2D eigenvalue weighted by Crippen LogP contribution is -2.00. The van der Waals surface area contributed by atoms with Crippen LogP contribution in [0.25, 0.3) is 82.2 Å². The van der Waals surface area contributed by atoms with E-state index in [0.717, 1.165) is 22.4 Å². The van der Waals surface area contributed by atoms with Crippen molar-refractivity contribution in [1.29, 1.82) is 0 Å². The molecular weight excluding hydrogens is 581 g/mol. The molecule has 3 heterocycles. The second-order valence-electron chi connectivity index (χ2n) is 11.3. The van der Waals surface area contributed by atoms with Gasteiger partial charge < -0.3 is 4.57 Å². The normalized spacial score (nSPS) is 11.5. The van der Waals surface area contributed by atoms with E-state index in [2.05, 4.69) is 102 Å². The topological polar surface area (TPSA) is 43.6 Å². The summed E-state index contributed by atoms with van der Waals surface area (Å²) in [7, 11) is 0. The van der Waals surface area contributed by atoms with Crippen LogP contribution in [0.2, 0.25) is 0 Å². The minimum atomic E-state index is 0.663. The van der Waals surface area contributed by atoms with Crippen molar-refractivity contribution in [2.24, 2.45) is 0 Å². The summed E-state index contributed by atoms with van der Waals surface area (Å²) in [4.78, 5) is 14.8. The van der Waals surface area contributed by atoms with Crippen molar-refractivity contribution in [3.8, 4) is 51.0 Å². The number of fused-ring (bicyclic) bond motifs is 5. The van der Waals surface area contributed by atoms with Gasteiger partial charge in [0.05, 0.1) is 15.7 Å². The number of benzene rings is 6. The molecule has 0 aliphatic carbocycles. The zero-order valence-corrected chi connectivity index (χ0v) is 25.5. The van der Waals surface area contributed by atoms with Crippen molar-refractivity contribution in [3.63, 3.8) is 0 Å². The standard InChI is InChI=1S/C41H26N4S/c1-4-13-27(14-5-1)30-19-12-20-32(25-30)45-35-22-11-10-21-33(35)38-37(45)34-24-23-31(26-36(34)46-38)41-43-39(28-15-6-2-7-16-28)42-40(44-41)29-17-8-3-9-18-29/h1-26H. The molecule has 0 bridgehead atoms. The van der Waals surface area contributed by atoms with Gasteiger partial charge in [-0.1, -0.05) is 133 Å². The van der Waals surface area contributed by atoms with Gasteiger partial charge in [-0.15, -0.1) is 11.3 Å². The molecule has 4 nitrogen and oxygen atoms in total. The van der Waals surface area contributed by atoms with Crippen molar-refractivity contribution in [3.05, 3.63) is 158 Å². The van der Waals surface area contributed by atoms with Gasteiger partial charge in [0.15, 0.2) is 17.5 Å². The van der Waals surface area contributed by atoms with Gasteiger partial charge in [-0.2, -0.15) is 0 Å². The molecule has 0 aliphatic heterocycles. The Balaban J connectivity index is 1.24. The Morgan fingerprint density at radius 3 is 1.65 bits per heavy atom. The lowest BCUT2D eigenvalue weighted by atomic mass is 10.1. The molecule has 6 aromatic carbocycles. The van der Waals surface area contributed by atoms with Gasteiger partial charge in [-0.25, -0.2) is 15.0 Å². The van der Waals surface area contributed by atoms with Crippen LogP contribution in [0.1, 0.15) is 0 Å². The highest BCUT2D eigenvalue weighted by Crippen LogP contribution is 2.43. The molecule has 9 aromatic rings. The highest BCUT2D eigenvalue weighted by molar-refractivity contribution is 7.26. The number of hydrogen-bond donors (Lipinski definition) is 0. The average molecular weight is 607 g/mol. The fourth-order valence-corrected chi connectivity index (χ4v) is 7.53. The van der Waals surface area contributed by atoms with Crippen LogP contribution >= 0.6 is 11.3 Å². The molecule has 0 saturated carbocycles. The summed E-state index contributed by atoms with van der Waals surface area (Å²) in [6.07, 6.45) is 0. The van der Waals surface area contributed by atoms with E-state index in [0.29, 0.717) is 17.5 Å². The summed E-state index contributed by atoms with van der Waals surface area (Å²) in [5.74, 6) is 1.99. The molecule has 0 fully saturated rings. The Bertz CT molecular complexity index is 2460. The van der Waals surface area contributed by atoms with E-state index in [1.54, 1.807) is 0 Å². The number of rotatable bonds is 5. The molecule has 0 unspecified atom stereocenters. The van der Waals surface area contributed by atoms with E-state index in [1.807, 2.05) is 72.0 Å². The predicted octanol–water partition coefficient (Wildman–Crippen LogP) is 10.9. The van der Waals surface area contributed by atoms with Crippen LogP contribution in [0.5, 0.6) is 0 Å². The lowest BCUT2D eigenvalue weighted by Gasteiger charge is -2.11. The Labute approximate surface area is 269 Å². The van der Waals surface area contributed by atoms with Gasteiger partial charge >= 0.3 is 0 Å². The van der Waals surface area contributed by atoms with Crippen LogP contribution in [-0.2, 0) is 0 Å². The van der Waals surface area contributed by atoms with E-state index >= 15 is 0 Å². The van der Waals surface area contributed by atoms with Crippen LogP contribution in [0.4, 0.5) is 0 Å². The summed E-state index contributed by atoms with van der Waals surface area (Å²) >= 11 is 1.83. The number of aromatic nitrogens is 4. The van der Waals surface area contributed by atoms with Gasteiger partial charge in [-0.05, 0) is 35.4 Å². The quantitative estimate of drug-likeness (QED) is 0.196. The summed E-state index contributed by atoms with van der Waals surface area (Å²) in [5.41, 5.74) is 8.88. The fourth-order valence-electron chi connectivity index (χ4n) is 6.27. The molecule has 3 aromatic heterocycles. The van der Waals surface area contributed by atoms with E-state index < -0.39 is 0 Å². The molecule has 0 aliphatic rings. The minimum Gasteiger partial charge on any atom is -0.308 e. The van der Waals surface area contributed by atoms with Gasteiger partial charge in [0.2, 0.25) is 0 Å². The monoisotopic (exact) mass is 606 g/mol. The van der Waals surface area contributed by atoms with Crippen LogP contribution in [0, 0.1) is 0 Å². The zero-order chi connectivity index (χ0) is 30.5. The first kappa shape index (κ1) is 26.5. The van der Waals surface area contributed by atoms with E-state index in [1.165, 1.54) is 42.3 Å². The van der Waals surface area contributed by atoms with Gasteiger partial charge in [0, 0.05) is 37.9 Å². The van der Waals surface area contributed by atoms with Gasteiger partial charge in [0.25, 0.3) is 0 Å². The predicted molar refractivity (Wildman–Crippen MR) is 191 cm³/mol. The molecule has 9 rings (SSSR count). The van der Waals surface area contributed by atoms with Gasteiger partial charge in [-0.3, -0.25) is 0 Å². The molecule has 0 atom stereocenters. The van der Waals surface area contributed by atoms with Crippen LogP contribution in [-0.4, -0.2) is 19.5 Å². The van der Waals surface area contributed by atoms with Crippen LogP contribution in [0.3, 0.4) is 0 Å². The Kier molecular flexibility index (Phi) is 6.28. The Hall–Kier alpha value is -5.91. The van der Waals surface area contributed by atoms with E-state index in [4.69, 9.17) is 15.0 Å². The SMILES string of the molecule is c1ccc(-c2cccc(-n3c4ccccc4c4sc5cc(-c6nc(-c7ccccc7)nc(-c7ccccc7)n6)ccc5c43)c2)cc1. The maximum Gasteiger partial charge on any atom is 0.164 e. The number of nitrogens with zero attached hydrogens (tertiary/aromatic N) is 4. The Morgan fingerprint density at radius 1 is 0.413 bits per heavy atom. The molecule has 0 spiro atoms. The second-order valence-corrected chi connectivity index (χ2v) is 12.4. The number of para-hydroxylation sites is 1. The van der Waals surface area contributed by atoms with Crippen molar-refractivity contribution >= 4 is 42.5 Å². The minimum absolute atomic E-state index is 0.663. The first-order valence-electron chi connectivity index (χ1n) is 15.3. The average Bonchev–Trinajstić information content (AvgIpc) is 3.67. The lowest BCUT2D eigenvalue weighted by molar-refractivity contribution is 1.07. The molecule has 5 heteroatoms. The van der Waals surface area contributed by atoms with Crippen molar-refractivity contribution in [2.75, 3.05) is 0 Å². The third kappa shape index (κ3) is 4.48. The smallest absolute Gasteiger partial charge is 0.164 e. The zero-order valence-electron chi connectivity index (χ0n) is 24.7. The molecule has 0 N–H and O–H groups in total. The molecule has 0 amide bonds. The largest absolute Gasteiger partial charge is 0.308 e. The molecule has 46 heavy (non-hydrogen) atoms. The summed E-state index contributed by atoms with van der Waals surface area (Å²) in [5, 5.41) is 2.47. The number of thiophene rings is 1. The maximum atomic E-state index is 4.98. The summed E-state index contributed by atoms with van der Waals surface area (Å²) < 4.78 is 4.89. The second kappa shape index (κ2) is 10.9. The summed E-state index contributed by atoms with van der Waals surface area (Å²) in [6.45, 7) is 0. The molecule has 0 saturated heterocycles. The van der Waals surface area contributed by atoms with Crippen molar-refractivity contribution in [2.45, 2.75) is 0 Å². The van der Waals surface area contributed by atoms with E-state index in [9.17, 15) is 0 Å². The third-order valence-electron chi connectivity index (χ3n) is 8.45. The van der Waals surface area contributed by atoms with Crippen LogP contribution in [0.15, 0.2) is 158 Å². The Morgan fingerprint density at radius 2 is 0.978 bits per heavy atom.